The van der Waals surface area contributed by atoms with E-state index in [1.165, 1.54) is 6.26 Å². The molecule has 0 aromatic carbocycles. The Morgan fingerprint density at radius 3 is 2.55 bits per heavy atom. The van der Waals surface area contributed by atoms with Gasteiger partial charge in [0, 0.05) is 25.6 Å². The van der Waals surface area contributed by atoms with Crippen molar-refractivity contribution in [3.63, 3.8) is 0 Å². The van der Waals surface area contributed by atoms with Crippen LogP contribution in [0, 0.1) is 0 Å². The number of furan rings is 1. The number of halogens is 3. The van der Waals surface area contributed by atoms with Crippen LogP contribution in [0.3, 0.4) is 0 Å². The topological polar surface area (TPSA) is 62.6 Å². The predicted molar refractivity (Wildman–Crippen MR) is 71.1 cm³/mol. The minimum Gasteiger partial charge on any atom is -0.459 e. The average molecular weight is 318 g/mol. The summed E-state index contributed by atoms with van der Waals surface area (Å²) in [5.41, 5.74) is 0. The molecule has 22 heavy (non-hydrogen) atoms. The van der Waals surface area contributed by atoms with Crippen molar-refractivity contribution in [3.8, 4) is 0 Å². The summed E-state index contributed by atoms with van der Waals surface area (Å²) in [5, 5.41) is 2.59. The van der Waals surface area contributed by atoms with E-state index in [9.17, 15) is 22.8 Å². The highest BCUT2D eigenvalue weighted by Crippen LogP contribution is 2.21. The molecule has 1 fully saturated rings. The minimum absolute atomic E-state index is 0.193. The van der Waals surface area contributed by atoms with Crippen LogP contribution in [0.2, 0.25) is 0 Å². The number of nitrogens with one attached hydrogen (secondary N) is 1. The number of amides is 2. The Labute approximate surface area is 125 Å². The van der Waals surface area contributed by atoms with Crippen molar-refractivity contribution in [2.45, 2.75) is 37.9 Å². The molecule has 0 unspecified atom stereocenters. The van der Waals surface area contributed by atoms with Gasteiger partial charge in [0.1, 0.15) is 0 Å². The Balaban J connectivity index is 1.73. The molecular weight excluding hydrogens is 301 g/mol. The Morgan fingerprint density at radius 1 is 1.32 bits per heavy atom. The van der Waals surface area contributed by atoms with Crippen LogP contribution < -0.4 is 5.32 Å². The Bertz CT molecular complexity index is 506. The van der Waals surface area contributed by atoms with Crippen molar-refractivity contribution in [3.05, 3.63) is 24.2 Å². The van der Waals surface area contributed by atoms with Gasteiger partial charge in [0.05, 0.1) is 12.7 Å². The third kappa shape index (κ3) is 4.78. The number of carbonyl (C=O) groups excluding carboxylic acids is 2. The second-order valence-corrected chi connectivity index (χ2v) is 5.23. The first-order chi connectivity index (χ1) is 10.3. The van der Waals surface area contributed by atoms with E-state index in [1.54, 1.807) is 17.0 Å². The van der Waals surface area contributed by atoms with Crippen molar-refractivity contribution >= 4 is 11.8 Å². The molecule has 0 atom stereocenters. The lowest BCUT2D eigenvalue weighted by atomic mass is 10.0. The molecule has 1 aliphatic heterocycles. The lowest BCUT2D eigenvalue weighted by Crippen LogP contribution is -2.46. The predicted octanol–water partition coefficient (Wildman–Crippen LogP) is 2.34. The number of carbonyl (C=O) groups is 2. The number of alkyl halides is 3. The molecule has 1 aromatic heterocycles. The molecule has 5 nitrogen and oxygen atoms in total. The molecule has 0 aliphatic carbocycles. The SMILES string of the molecule is O=C(CCC(F)(F)F)NC1CCN(C(=O)c2ccco2)CC1. The number of nitrogens with zero attached hydrogens (tertiary/aromatic N) is 1. The zero-order valence-electron chi connectivity index (χ0n) is 11.9. The molecule has 0 saturated carbocycles. The molecular formula is C14H17F3N2O3. The summed E-state index contributed by atoms with van der Waals surface area (Å²) in [6.45, 7) is 0.869. The lowest BCUT2D eigenvalue weighted by Gasteiger charge is -2.31. The van der Waals surface area contributed by atoms with Gasteiger partial charge in [0.15, 0.2) is 5.76 Å². The fraction of sp³-hybridized carbons (Fsp3) is 0.571. The van der Waals surface area contributed by atoms with Gasteiger partial charge >= 0.3 is 6.18 Å². The van der Waals surface area contributed by atoms with Crippen molar-refractivity contribution in [2.75, 3.05) is 13.1 Å². The first-order valence-electron chi connectivity index (χ1n) is 7.04. The van der Waals surface area contributed by atoms with Crippen molar-refractivity contribution in [2.24, 2.45) is 0 Å². The summed E-state index contributed by atoms with van der Waals surface area (Å²) < 4.78 is 41.1. The van der Waals surface area contributed by atoms with Crippen molar-refractivity contribution < 1.29 is 27.2 Å². The number of rotatable bonds is 4. The van der Waals surface area contributed by atoms with Crippen LogP contribution in [0.15, 0.2) is 22.8 Å². The van der Waals surface area contributed by atoms with Crippen molar-refractivity contribution in [1.29, 1.82) is 0 Å². The van der Waals surface area contributed by atoms with Crippen LogP contribution >= 0.6 is 0 Å². The van der Waals surface area contributed by atoms with E-state index in [4.69, 9.17) is 4.42 Å². The molecule has 0 spiro atoms. The standard InChI is InChI=1S/C14H17F3N2O3/c15-14(16,17)6-3-12(20)18-10-4-7-19(8-5-10)13(21)11-2-1-9-22-11/h1-2,9-10H,3-8H2,(H,18,20). The number of likely N-dealkylation sites (tertiary alicyclic amines) is 1. The highest BCUT2D eigenvalue weighted by Gasteiger charge is 2.29. The van der Waals surface area contributed by atoms with Gasteiger partial charge in [-0.2, -0.15) is 13.2 Å². The molecule has 1 aromatic rings. The van der Waals surface area contributed by atoms with Gasteiger partial charge in [-0.15, -0.1) is 0 Å². The quantitative estimate of drug-likeness (QED) is 0.927. The van der Waals surface area contributed by atoms with Crippen LogP contribution in [0.25, 0.3) is 0 Å². The third-order valence-electron chi connectivity index (χ3n) is 3.51. The first-order valence-corrected chi connectivity index (χ1v) is 7.04. The van der Waals surface area contributed by atoms with Crippen LogP contribution in [-0.2, 0) is 4.79 Å². The largest absolute Gasteiger partial charge is 0.459 e. The maximum atomic E-state index is 12.0. The molecule has 2 heterocycles. The van der Waals surface area contributed by atoms with Crippen molar-refractivity contribution in [1.82, 2.24) is 10.2 Å². The summed E-state index contributed by atoms with van der Waals surface area (Å²) in [4.78, 5) is 25.1. The number of hydrogen-bond donors (Lipinski definition) is 1. The van der Waals surface area contributed by atoms with Crippen LogP contribution in [0.1, 0.15) is 36.2 Å². The highest BCUT2D eigenvalue weighted by atomic mass is 19.4. The zero-order chi connectivity index (χ0) is 16.2. The average Bonchev–Trinajstić information content (AvgIpc) is 2.99. The van der Waals surface area contributed by atoms with Crippen LogP contribution in [0.5, 0.6) is 0 Å². The molecule has 8 heteroatoms. The Hall–Kier alpha value is -1.99. The summed E-state index contributed by atoms with van der Waals surface area (Å²) in [6, 6.07) is 3.01. The van der Waals surface area contributed by atoms with Gasteiger partial charge in [-0.1, -0.05) is 0 Å². The summed E-state index contributed by atoms with van der Waals surface area (Å²) in [7, 11) is 0. The van der Waals surface area contributed by atoms with E-state index < -0.39 is 24.9 Å². The highest BCUT2D eigenvalue weighted by molar-refractivity contribution is 5.91. The molecule has 122 valence electrons. The van der Waals surface area contributed by atoms with Gasteiger partial charge in [0.25, 0.3) is 5.91 Å². The van der Waals surface area contributed by atoms with Gasteiger partial charge in [-0.05, 0) is 25.0 Å². The summed E-state index contributed by atoms with van der Waals surface area (Å²) in [6.07, 6.45) is -3.55. The lowest BCUT2D eigenvalue weighted by molar-refractivity contribution is -0.144. The number of piperidine rings is 1. The molecule has 1 N–H and O–H groups in total. The van der Waals surface area contributed by atoms with E-state index in [0.29, 0.717) is 25.9 Å². The molecule has 0 radical (unpaired) electrons. The molecule has 2 rings (SSSR count). The van der Waals surface area contributed by atoms with E-state index in [1.807, 2.05) is 0 Å². The Morgan fingerprint density at radius 2 is 2.00 bits per heavy atom. The van der Waals surface area contributed by atoms with Gasteiger partial charge in [-0.25, -0.2) is 0 Å². The van der Waals surface area contributed by atoms with Crippen LogP contribution in [0.4, 0.5) is 13.2 Å². The summed E-state index contributed by atoms with van der Waals surface area (Å²) >= 11 is 0. The normalized spacial score (nSPS) is 16.6. The van der Waals surface area contributed by atoms with Gasteiger partial charge in [0.2, 0.25) is 5.91 Å². The first kappa shape index (κ1) is 16.4. The fourth-order valence-electron chi connectivity index (χ4n) is 2.34. The summed E-state index contributed by atoms with van der Waals surface area (Å²) in [5.74, 6) is -0.562. The molecule has 1 aliphatic rings. The second kappa shape index (κ2) is 6.85. The van der Waals surface area contributed by atoms with E-state index in [2.05, 4.69) is 5.32 Å². The molecule has 0 bridgehead atoms. The Kier molecular flexibility index (Phi) is 5.10. The van der Waals surface area contributed by atoms with Crippen LogP contribution in [-0.4, -0.2) is 42.0 Å². The zero-order valence-corrected chi connectivity index (χ0v) is 11.9. The molecule has 1 saturated heterocycles. The monoisotopic (exact) mass is 318 g/mol. The van der Waals surface area contributed by atoms with E-state index in [0.717, 1.165) is 0 Å². The smallest absolute Gasteiger partial charge is 0.389 e. The number of hydrogen-bond acceptors (Lipinski definition) is 3. The maximum Gasteiger partial charge on any atom is 0.389 e. The van der Waals surface area contributed by atoms with Gasteiger partial charge in [-0.3, -0.25) is 9.59 Å². The van der Waals surface area contributed by atoms with Gasteiger partial charge < -0.3 is 14.6 Å². The maximum absolute atomic E-state index is 12.0. The second-order valence-electron chi connectivity index (χ2n) is 5.23. The van der Waals surface area contributed by atoms with E-state index >= 15 is 0 Å². The minimum atomic E-state index is -4.32. The van der Waals surface area contributed by atoms with E-state index in [-0.39, 0.29) is 17.7 Å². The third-order valence-corrected chi connectivity index (χ3v) is 3.51. The molecule has 2 amide bonds. The fourth-order valence-corrected chi connectivity index (χ4v) is 2.34.